The molecule has 3 aliphatic rings. The van der Waals surface area contributed by atoms with E-state index >= 15 is 0 Å². The van der Waals surface area contributed by atoms with Gasteiger partial charge in [-0.1, -0.05) is 12.8 Å². The molecule has 110 valence electrons. The minimum absolute atomic E-state index is 0.524. The second kappa shape index (κ2) is 4.85. The Morgan fingerprint density at radius 3 is 2.60 bits per heavy atom. The van der Waals surface area contributed by atoms with Crippen molar-refractivity contribution in [2.24, 2.45) is 0 Å². The summed E-state index contributed by atoms with van der Waals surface area (Å²) in [6.45, 7) is 0. The van der Waals surface area contributed by atoms with Gasteiger partial charge < -0.3 is 10.4 Å². The fraction of sp³-hybridized carbons (Fsp3) is 0.812. The van der Waals surface area contributed by atoms with Gasteiger partial charge in [-0.25, -0.2) is 0 Å². The molecular weight excluding hydrogens is 250 g/mol. The highest BCUT2D eigenvalue weighted by molar-refractivity contribution is 5.09. The summed E-state index contributed by atoms with van der Waals surface area (Å²) in [5.41, 5.74) is 0.534. The Labute approximate surface area is 120 Å². The Bertz CT molecular complexity index is 466. The lowest BCUT2D eigenvalue weighted by Crippen LogP contribution is -2.49. The zero-order chi connectivity index (χ0) is 13.6. The van der Waals surface area contributed by atoms with Gasteiger partial charge >= 0.3 is 0 Å². The van der Waals surface area contributed by atoms with E-state index in [0.717, 1.165) is 25.0 Å². The van der Waals surface area contributed by atoms with E-state index in [-0.39, 0.29) is 0 Å². The second-order valence-electron chi connectivity index (χ2n) is 7.17. The summed E-state index contributed by atoms with van der Waals surface area (Å²) in [4.78, 5) is 0. The van der Waals surface area contributed by atoms with E-state index in [4.69, 9.17) is 5.10 Å². The van der Waals surface area contributed by atoms with Gasteiger partial charge in [-0.2, -0.15) is 5.10 Å². The lowest BCUT2D eigenvalue weighted by atomic mass is 9.84. The second-order valence-corrected chi connectivity index (χ2v) is 7.17. The number of piperidine rings is 1. The molecule has 2 saturated heterocycles. The van der Waals surface area contributed by atoms with E-state index in [0.29, 0.717) is 18.1 Å². The van der Waals surface area contributed by atoms with Crippen LogP contribution in [0.4, 0.5) is 0 Å². The van der Waals surface area contributed by atoms with Gasteiger partial charge in [-0.15, -0.1) is 0 Å². The van der Waals surface area contributed by atoms with Gasteiger partial charge in [0.1, 0.15) is 0 Å². The smallest absolute Gasteiger partial charge is 0.0733 e. The first-order valence-corrected chi connectivity index (χ1v) is 8.23. The van der Waals surface area contributed by atoms with Crippen LogP contribution < -0.4 is 5.32 Å². The summed E-state index contributed by atoms with van der Waals surface area (Å²) < 4.78 is 2.14. The zero-order valence-electron chi connectivity index (χ0n) is 12.1. The lowest BCUT2D eigenvalue weighted by molar-refractivity contribution is -0.00699. The number of hydrogen-bond donors (Lipinski definition) is 2. The maximum Gasteiger partial charge on any atom is 0.0733 e. The summed E-state index contributed by atoms with van der Waals surface area (Å²) in [6.07, 6.45) is 12.3. The molecule has 1 aromatic rings. The van der Waals surface area contributed by atoms with Crippen LogP contribution in [-0.4, -0.2) is 32.6 Å². The van der Waals surface area contributed by atoms with Crippen LogP contribution in [0.3, 0.4) is 0 Å². The first kappa shape index (κ1) is 12.8. The molecule has 2 N–H and O–H groups in total. The molecule has 1 aliphatic carbocycles. The molecule has 0 aromatic carbocycles. The highest BCUT2D eigenvalue weighted by Gasteiger charge is 2.42. The third kappa shape index (κ3) is 2.40. The summed E-state index contributed by atoms with van der Waals surface area (Å²) >= 11 is 0. The summed E-state index contributed by atoms with van der Waals surface area (Å²) in [7, 11) is 0. The van der Waals surface area contributed by atoms with Gasteiger partial charge in [0.2, 0.25) is 0 Å². The predicted octanol–water partition coefficient (Wildman–Crippen LogP) is 2.19. The van der Waals surface area contributed by atoms with Crippen LogP contribution in [0.25, 0.3) is 0 Å². The molecule has 2 atom stereocenters. The Hall–Kier alpha value is -0.870. The molecule has 0 amide bonds. The van der Waals surface area contributed by atoms with Gasteiger partial charge in [0.15, 0.2) is 0 Å². The molecule has 0 spiro atoms. The molecule has 4 nitrogen and oxygen atoms in total. The van der Waals surface area contributed by atoms with Gasteiger partial charge in [-0.05, 0) is 44.6 Å². The number of nitrogens with one attached hydrogen (secondary N) is 1. The minimum atomic E-state index is -0.536. The van der Waals surface area contributed by atoms with Crippen molar-refractivity contribution in [2.75, 3.05) is 0 Å². The van der Waals surface area contributed by atoms with E-state index in [1.54, 1.807) is 0 Å². The van der Waals surface area contributed by atoms with Crippen molar-refractivity contribution >= 4 is 0 Å². The van der Waals surface area contributed by atoms with Crippen molar-refractivity contribution in [3.8, 4) is 0 Å². The molecule has 20 heavy (non-hydrogen) atoms. The predicted molar refractivity (Wildman–Crippen MR) is 77.6 cm³/mol. The molecule has 0 unspecified atom stereocenters. The number of aromatic nitrogens is 2. The number of rotatable bonds is 3. The first-order chi connectivity index (χ1) is 9.70. The van der Waals surface area contributed by atoms with Gasteiger partial charge in [0.25, 0.3) is 0 Å². The van der Waals surface area contributed by atoms with E-state index in [2.05, 4.69) is 22.3 Å². The third-order valence-electron chi connectivity index (χ3n) is 5.46. The Kier molecular flexibility index (Phi) is 3.11. The molecule has 4 rings (SSSR count). The molecule has 1 aromatic heterocycles. The maximum absolute atomic E-state index is 10.9. The Balaban J connectivity index is 1.45. The lowest BCUT2D eigenvalue weighted by Gasteiger charge is -2.36. The van der Waals surface area contributed by atoms with Crippen molar-refractivity contribution in [3.63, 3.8) is 0 Å². The normalized spacial score (nSPS) is 37.6. The Morgan fingerprint density at radius 2 is 1.90 bits per heavy atom. The standard InChI is InChI=1S/C16H25N3O/c20-16(9-12-5-6-13(10-16)17-12)11-14-7-8-19(18-14)15-3-1-2-4-15/h7-8,12-13,15,17,20H,1-6,9-11H2/t12-,13-/m1/s1. The van der Waals surface area contributed by atoms with Crippen LogP contribution in [0.15, 0.2) is 12.3 Å². The molecular formula is C16H25N3O. The van der Waals surface area contributed by atoms with Crippen molar-refractivity contribution in [1.29, 1.82) is 0 Å². The van der Waals surface area contributed by atoms with Gasteiger partial charge in [-0.3, -0.25) is 4.68 Å². The largest absolute Gasteiger partial charge is 0.389 e. The van der Waals surface area contributed by atoms with E-state index in [1.165, 1.54) is 38.5 Å². The molecule has 3 fully saturated rings. The summed E-state index contributed by atoms with van der Waals surface area (Å²) in [6, 6.07) is 3.76. The summed E-state index contributed by atoms with van der Waals surface area (Å²) in [5, 5.41) is 19.2. The summed E-state index contributed by atoms with van der Waals surface area (Å²) in [5.74, 6) is 0. The molecule has 0 radical (unpaired) electrons. The zero-order valence-corrected chi connectivity index (χ0v) is 12.1. The van der Waals surface area contributed by atoms with Crippen molar-refractivity contribution in [3.05, 3.63) is 18.0 Å². The van der Waals surface area contributed by atoms with Crippen LogP contribution in [-0.2, 0) is 6.42 Å². The maximum atomic E-state index is 10.9. The molecule has 2 aliphatic heterocycles. The molecule has 4 heteroatoms. The number of aliphatic hydroxyl groups is 1. The van der Waals surface area contributed by atoms with E-state index in [9.17, 15) is 5.11 Å². The average Bonchev–Trinajstić information content (AvgIpc) is 3.09. The van der Waals surface area contributed by atoms with Gasteiger partial charge in [0.05, 0.1) is 17.3 Å². The Morgan fingerprint density at radius 1 is 1.20 bits per heavy atom. The third-order valence-corrected chi connectivity index (χ3v) is 5.46. The first-order valence-electron chi connectivity index (χ1n) is 8.23. The van der Waals surface area contributed by atoms with Crippen LogP contribution >= 0.6 is 0 Å². The monoisotopic (exact) mass is 275 g/mol. The van der Waals surface area contributed by atoms with Crippen LogP contribution in [0.2, 0.25) is 0 Å². The van der Waals surface area contributed by atoms with Crippen LogP contribution in [0.5, 0.6) is 0 Å². The van der Waals surface area contributed by atoms with Crippen molar-refractivity contribution in [2.45, 2.75) is 81.5 Å². The average molecular weight is 275 g/mol. The van der Waals surface area contributed by atoms with E-state index < -0.39 is 5.60 Å². The fourth-order valence-corrected chi connectivity index (χ4v) is 4.55. The van der Waals surface area contributed by atoms with E-state index in [1.807, 2.05) is 0 Å². The van der Waals surface area contributed by atoms with Crippen molar-refractivity contribution in [1.82, 2.24) is 15.1 Å². The minimum Gasteiger partial charge on any atom is -0.389 e. The fourth-order valence-electron chi connectivity index (χ4n) is 4.55. The highest BCUT2D eigenvalue weighted by atomic mass is 16.3. The van der Waals surface area contributed by atoms with Crippen LogP contribution in [0.1, 0.15) is 63.1 Å². The molecule has 1 saturated carbocycles. The number of nitrogens with zero attached hydrogens (tertiary/aromatic N) is 2. The SMILES string of the molecule is OC1(Cc2ccn(C3CCCC3)n2)C[C@H]2CC[C@H](C1)N2. The quantitative estimate of drug-likeness (QED) is 0.889. The topological polar surface area (TPSA) is 50.1 Å². The molecule has 2 bridgehead atoms. The molecule has 3 heterocycles. The van der Waals surface area contributed by atoms with Crippen molar-refractivity contribution < 1.29 is 5.11 Å². The van der Waals surface area contributed by atoms with Crippen LogP contribution in [0, 0.1) is 0 Å². The number of fused-ring (bicyclic) bond motifs is 2. The number of hydrogen-bond acceptors (Lipinski definition) is 3. The van der Waals surface area contributed by atoms with Gasteiger partial charge in [0, 0.05) is 24.7 Å². The highest BCUT2D eigenvalue weighted by Crippen LogP contribution is 2.36.